The Bertz CT molecular complexity index is 475. The highest BCUT2D eigenvalue weighted by Crippen LogP contribution is 2.41. The minimum absolute atomic E-state index is 0.0576. The maximum atomic E-state index is 11.9. The number of benzene rings is 1. The summed E-state index contributed by atoms with van der Waals surface area (Å²) in [6, 6.07) is 2.10. The molecule has 1 aromatic rings. The second-order valence-corrected chi connectivity index (χ2v) is 5.00. The molecule has 3 nitrogen and oxygen atoms in total. The summed E-state index contributed by atoms with van der Waals surface area (Å²) < 4.78 is 0. The Kier molecular flexibility index (Phi) is 2.31. The van der Waals surface area contributed by atoms with E-state index in [1.54, 1.807) is 0 Å². The van der Waals surface area contributed by atoms with E-state index in [1.165, 1.54) is 11.1 Å². The van der Waals surface area contributed by atoms with E-state index >= 15 is 0 Å². The van der Waals surface area contributed by atoms with Crippen molar-refractivity contribution in [3.8, 4) is 0 Å². The number of carbonyl (C=O) groups excluding carboxylic acids is 1. The molecule has 0 aliphatic carbocycles. The molecular weight excluding hydrogens is 200 g/mol. The SMILES string of the molecule is Cc1cc2c(c(CN)c1C)NC(=O)C2(C)C. The van der Waals surface area contributed by atoms with E-state index in [0.717, 1.165) is 16.8 Å². The van der Waals surface area contributed by atoms with Gasteiger partial charge in [-0.05, 0) is 49.9 Å². The lowest BCUT2D eigenvalue weighted by atomic mass is 9.83. The van der Waals surface area contributed by atoms with Gasteiger partial charge in [0.15, 0.2) is 0 Å². The van der Waals surface area contributed by atoms with Crippen LogP contribution < -0.4 is 11.1 Å². The number of fused-ring (bicyclic) bond motifs is 1. The fourth-order valence-corrected chi connectivity index (χ4v) is 2.27. The van der Waals surface area contributed by atoms with Gasteiger partial charge in [0, 0.05) is 12.2 Å². The monoisotopic (exact) mass is 218 g/mol. The van der Waals surface area contributed by atoms with Crippen LogP contribution >= 0.6 is 0 Å². The lowest BCUT2D eigenvalue weighted by molar-refractivity contribution is -0.119. The molecule has 0 aromatic heterocycles. The zero-order valence-corrected chi connectivity index (χ0v) is 10.3. The first kappa shape index (κ1) is 11.1. The molecule has 86 valence electrons. The smallest absolute Gasteiger partial charge is 0.234 e. The third kappa shape index (κ3) is 1.28. The van der Waals surface area contributed by atoms with Gasteiger partial charge in [0.05, 0.1) is 5.41 Å². The topological polar surface area (TPSA) is 55.1 Å². The average molecular weight is 218 g/mol. The van der Waals surface area contributed by atoms with Gasteiger partial charge in [-0.15, -0.1) is 0 Å². The normalized spacial score (nSPS) is 17.2. The first-order chi connectivity index (χ1) is 7.39. The van der Waals surface area contributed by atoms with Crippen LogP contribution in [0.5, 0.6) is 0 Å². The quantitative estimate of drug-likeness (QED) is 0.757. The molecule has 0 fully saturated rings. The molecule has 1 amide bonds. The Labute approximate surface area is 96.0 Å². The van der Waals surface area contributed by atoms with Gasteiger partial charge in [0.2, 0.25) is 5.91 Å². The van der Waals surface area contributed by atoms with E-state index in [9.17, 15) is 4.79 Å². The molecule has 3 N–H and O–H groups in total. The molecule has 0 unspecified atom stereocenters. The van der Waals surface area contributed by atoms with Gasteiger partial charge in [0.25, 0.3) is 0 Å². The molecule has 0 radical (unpaired) electrons. The Balaban J connectivity index is 2.76. The molecule has 1 aromatic carbocycles. The molecule has 0 saturated carbocycles. The van der Waals surface area contributed by atoms with Crippen molar-refractivity contribution >= 4 is 11.6 Å². The first-order valence-corrected chi connectivity index (χ1v) is 5.54. The van der Waals surface area contributed by atoms with Crippen molar-refractivity contribution in [3.63, 3.8) is 0 Å². The van der Waals surface area contributed by atoms with Crippen LogP contribution in [0.2, 0.25) is 0 Å². The summed E-state index contributed by atoms with van der Waals surface area (Å²) in [6.45, 7) is 8.47. The summed E-state index contributed by atoms with van der Waals surface area (Å²) in [7, 11) is 0. The van der Waals surface area contributed by atoms with Gasteiger partial charge < -0.3 is 11.1 Å². The van der Waals surface area contributed by atoms with Gasteiger partial charge in [0.1, 0.15) is 0 Å². The average Bonchev–Trinajstić information content (AvgIpc) is 2.42. The van der Waals surface area contributed by atoms with Crippen molar-refractivity contribution in [1.29, 1.82) is 0 Å². The fourth-order valence-electron chi connectivity index (χ4n) is 2.27. The summed E-state index contributed by atoms with van der Waals surface area (Å²) in [5.41, 5.74) is 10.8. The minimum Gasteiger partial charge on any atom is -0.326 e. The van der Waals surface area contributed by atoms with Crippen molar-refractivity contribution < 1.29 is 4.79 Å². The predicted octanol–water partition coefficient (Wildman–Crippen LogP) is 1.99. The van der Waals surface area contributed by atoms with Crippen molar-refractivity contribution in [2.45, 2.75) is 39.7 Å². The standard InChI is InChI=1S/C13H18N2O/c1-7-5-10-11(9(6-14)8(7)2)15-12(16)13(10,3)4/h5H,6,14H2,1-4H3,(H,15,16). The predicted molar refractivity (Wildman–Crippen MR) is 65.5 cm³/mol. The summed E-state index contributed by atoms with van der Waals surface area (Å²) >= 11 is 0. The van der Waals surface area contributed by atoms with Gasteiger partial charge in [-0.25, -0.2) is 0 Å². The van der Waals surface area contributed by atoms with E-state index in [4.69, 9.17) is 5.73 Å². The van der Waals surface area contributed by atoms with Crippen LogP contribution in [-0.4, -0.2) is 5.91 Å². The van der Waals surface area contributed by atoms with Crippen LogP contribution in [0, 0.1) is 13.8 Å². The summed E-state index contributed by atoms with van der Waals surface area (Å²) in [6.07, 6.45) is 0. The Morgan fingerprint density at radius 1 is 1.38 bits per heavy atom. The number of nitrogens with one attached hydrogen (secondary N) is 1. The third-order valence-electron chi connectivity index (χ3n) is 3.66. The van der Waals surface area contributed by atoms with E-state index in [1.807, 2.05) is 13.8 Å². The fraction of sp³-hybridized carbons (Fsp3) is 0.462. The van der Waals surface area contributed by atoms with Crippen LogP contribution in [0.25, 0.3) is 0 Å². The van der Waals surface area contributed by atoms with E-state index in [0.29, 0.717) is 6.54 Å². The highest BCUT2D eigenvalue weighted by atomic mass is 16.2. The second-order valence-electron chi connectivity index (χ2n) is 5.00. The molecule has 1 aliphatic heterocycles. The molecule has 2 rings (SSSR count). The van der Waals surface area contributed by atoms with Gasteiger partial charge in [-0.1, -0.05) is 6.07 Å². The van der Waals surface area contributed by atoms with Gasteiger partial charge in [-0.3, -0.25) is 4.79 Å². The molecule has 16 heavy (non-hydrogen) atoms. The largest absolute Gasteiger partial charge is 0.326 e. The molecule has 0 bridgehead atoms. The van der Waals surface area contributed by atoms with Crippen LogP contribution in [0.1, 0.15) is 36.1 Å². The number of rotatable bonds is 1. The number of hydrogen-bond donors (Lipinski definition) is 2. The zero-order chi connectivity index (χ0) is 12.1. The third-order valence-corrected chi connectivity index (χ3v) is 3.66. The molecular formula is C13H18N2O. The van der Waals surface area contributed by atoms with E-state index in [-0.39, 0.29) is 5.91 Å². The second kappa shape index (κ2) is 3.32. The number of hydrogen-bond acceptors (Lipinski definition) is 2. The molecule has 0 spiro atoms. The molecule has 1 aliphatic rings. The molecule has 0 saturated heterocycles. The Morgan fingerprint density at radius 2 is 2.00 bits per heavy atom. The maximum absolute atomic E-state index is 11.9. The van der Waals surface area contributed by atoms with Crippen LogP contribution in [-0.2, 0) is 16.8 Å². The van der Waals surface area contributed by atoms with Crippen LogP contribution in [0.3, 0.4) is 0 Å². The Morgan fingerprint density at radius 3 is 2.56 bits per heavy atom. The van der Waals surface area contributed by atoms with Crippen molar-refractivity contribution in [1.82, 2.24) is 0 Å². The summed E-state index contributed by atoms with van der Waals surface area (Å²) in [5, 5.41) is 2.96. The number of anilines is 1. The maximum Gasteiger partial charge on any atom is 0.234 e. The van der Waals surface area contributed by atoms with Crippen molar-refractivity contribution in [2.24, 2.45) is 5.73 Å². The van der Waals surface area contributed by atoms with Gasteiger partial charge >= 0.3 is 0 Å². The zero-order valence-electron chi connectivity index (χ0n) is 10.3. The number of aryl methyl sites for hydroxylation is 1. The minimum atomic E-state index is -0.447. The molecule has 0 atom stereocenters. The number of amides is 1. The highest BCUT2D eigenvalue weighted by molar-refractivity contribution is 6.06. The molecule has 1 heterocycles. The Hall–Kier alpha value is -1.35. The molecule has 3 heteroatoms. The van der Waals surface area contributed by atoms with Crippen LogP contribution in [0.4, 0.5) is 5.69 Å². The van der Waals surface area contributed by atoms with E-state index in [2.05, 4.69) is 25.2 Å². The number of nitrogens with two attached hydrogens (primary N) is 1. The van der Waals surface area contributed by atoms with Crippen LogP contribution in [0.15, 0.2) is 6.07 Å². The summed E-state index contributed by atoms with van der Waals surface area (Å²) in [5.74, 6) is 0.0576. The number of carbonyl (C=O) groups is 1. The van der Waals surface area contributed by atoms with Gasteiger partial charge in [-0.2, -0.15) is 0 Å². The lowest BCUT2D eigenvalue weighted by Crippen LogP contribution is -2.26. The van der Waals surface area contributed by atoms with Crippen molar-refractivity contribution in [3.05, 3.63) is 28.3 Å². The first-order valence-electron chi connectivity index (χ1n) is 5.54. The van der Waals surface area contributed by atoms with E-state index < -0.39 is 5.41 Å². The van der Waals surface area contributed by atoms with Crippen molar-refractivity contribution in [2.75, 3.05) is 5.32 Å². The summed E-state index contributed by atoms with van der Waals surface area (Å²) in [4.78, 5) is 11.9. The lowest BCUT2D eigenvalue weighted by Gasteiger charge is -2.18. The highest BCUT2D eigenvalue weighted by Gasteiger charge is 2.39.